The van der Waals surface area contributed by atoms with Gasteiger partial charge < -0.3 is 50.0 Å². The number of rotatable bonds is 3. The van der Waals surface area contributed by atoms with Crippen LogP contribution in [0.5, 0.6) is 23.0 Å². The van der Waals surface area contributed by atoms with Gasteiger partial charge in [0.05, 0.1) is 6.61 Å². The molecule has 2 heterocycles. The summed E-state index contributed by atoms with van der Waals surface area (Å²) in [6.07, 6.45) is -7.47. The van der Waals surface area contributed by atoms with Crippen molar-refractivity contribution in [1.29, 1.82) is 0 Å². The van der Waals surface area contributed by atoms with Gasteiger partial charge in [-0.25, -0.2) is 0 Å². The Kier molecular flexibility index (Phi) is 5.44. The van der Waals surface area contributed by atoms with Crippen molar-refractivity contribution in [1.82, 2.24) is 0 Å². The second-order valence-corrected chi connectivity index (χ2v) is 7.47. The lowest BCUT2D eigenvalue weighted by Gasteiger charge is -2.40. The van der Waals surface area contributed by atoms with Gasteiger partial charge in [0.15, 0.2) is 16.8 Å². The Morgan fingerprint density at radius 3 is 2.25 bits per heavy atom. The van der Waals surface area contributed by atoms with E-state index < -0.39 is 65.4 Å². The van der Waals surface area contributed by atoms with Crippen molar-refractivity contribution in [3.05, 3.63) is 46.1 Å². The standard InChI is InChI=1S/C21H20O11/c22-6-14-17(28)18(29)19(30)20(32-14)8-3-7(1-2-9(8)23)13-5-11(25)15-10(24)4-12(26)16(27)21(15)31-13/h1-5,14,17-20,22-24,26-30H,6H2/t14-,17-,18+,19-,20+/m0/s1. The van der Waals surface area contributed by atoms with Crippen LogP contribution >= 0.6 is 0 Å². The number of fused-ring (bicyclic) bond motifs is 1. The maximum atomic E-state index is 12.5. The summed E-state index contributed by atoms with van der Waals surface area (Å²) in [5, 5.41) is 79.4. The number of phenolic OH excluding ortho intramolecular Hbond substituents is 4. The lowest BCUT2D eigenvalue weighted by molar-refractivity contribution is -0.232. The van der Waals surface area contributed by atoms with E-state index in [9.17, 15) is 45.6 Å². The van der Waals surface area contributed by atoms with Crippen molar-refractivity contribution in [2.24, 2.45) is 0 Å². The van der Waals surface area contributed by atoms with Crippen LogP contribution in [-0.2, 0) is 4.74 Å². The summed E-state index contributed by atoms with van der Waals surface area (Å²) in [5.41, 5.74) is -1.05. The molecule has 8 N–H and O–H groups in total. The van der Waals surface area contributed by atoms with Gasteiger partial charge in [0.25, 0.3) is 0 Å². The highest BCUT2D eigenvalue weighted by molar-refractivity contribution is 5.91. The minimum atomic E-state index is -1.67. The molecule has 2 aromatic carbocycles. The fourth-order valence-corrected chi connectivity index (χ4v) is 3.73. The second-order valence-electron chi connectivity index (χ2n) is 7.47. The van der Waals surface area contributed by atoms with E-state index in [1.165, 1.54) is 18.2 Å². The molecular weight excluding hydrogens is 428 g/mol. The van der Waals surface area contributed by atoms with E-state index in [0.717, 1.165) is 12.1 Å². The first-order chi connectivity index (χ1) is 15.1. The molecule has 0 saturated carbocycles. The van der Waals surface area contributed by atoms with Crippen LogP contribution in [0.2, 0.25) is 0 Å². The summed E-state index contributed by atoms with van der Waals surface area (Å²) in [5.74, 6) is -2.52. The van der Waals surface area contributed by atoms with Crippen molar-refractivity contribution in [2.75, 3.05) is 6.61 Å². The Morgan fingerprint density at radius 1 is 0.844 bits per heavy atom. The van der Waals surface area contributed by atoms with Crippen LogP contribution < -0.4 is 5.43 Å². The third-order valence-corrected chi connectivity index (χ3v) is 5.45. The molecule has 1 fully saturated rings. The highest BCUT2D eigenvalue weighted by Gasteiger charge is 2.44. The molecule has 1 aromatic heterocycles. The van der Waals surface area contributed by atoms with Gasteiger partial charge in [-0.05, 0) is 18.2 Å². The van der Waals surface area contributed by atoms with Crippen LogP contribution in [0, 0.1) is 0 Å². The molecule has 3 aromatic rings. The van der Waals surface area contributed by atoms with Gasteiger partial charge >= 0.3 is 0 Å². The predicted octanol–water partition coefficient (Wildman–Crippen LogP) is -0.203. The van der Waals surface area contributed by atoms with Crippen LogP contribution in [0.25, 0.3) is 22.3 Å². The van der Waals surface area contributed by atoms with E-state index in [1.54, 1.807) is 0 Å². The number of hydrogen-bond donors (Lipinski definition) is 8. The summed E-state index contributed by atoms with van der Waals surface area (Å²) >= 11 is 0. The average molecular weight is 448 g/mol. The lowest BCUT2D eigenvalue weighted by Crippen LogP contribution is -2.55. The molecule has 0 unspecified atom stereocenters. The summed E-state index contributed by atoms with van der Waals surface area (Å²) in [6.45, 7) is -0.659. The van der Waals surface area contributed by atoms with Crippen molar-refractivity contribution >= 4 is 11.0 Å². The van der Waals surface area contributed by atoms with E-state index in [-0.39, 0.29) is 28.0 Å². The Bertz CT molecular complexity index is 1230. The van der Waals surface area contributed by atoms with Gasteiger partial charge in [-0.15, -0.1) is 0 Å². The highest BCUT2D eigenvalue weighted by atomic mass is 16.5. The molecule has 1 aliphatic rings. The van der Waals surface area contributed by atoms with Crippen LogP contribution in [0.1, 0.15) is 11.7 Å². The maximum absolute atomic E-state index is 12.5. The van der Waals surface area contributed by atoms with Gasteiger partial charge in [-0.1, -0.05) is 0 Å². The zero-order valence-electron chi connectivity index (χ0n) is 16.3. The van der Waals surface area contributed by atoms with E-state index in [0.29, 0.717) is 0 Å². The molecule has 0 aliphatic carbocycles. The number of benzene rings is 2. The van der Waals surface area contributed by atoms with Gasteiger partial charge in [-0.3, -0.25) is 4.79 Å². The van der Waals surface area contributed by atoms with Gasteiger partial charge in [0, 0.05) is 23.3 Å². The number of phenols is 4. The van der Waals surface area contributed by atoms with Gasteiger partial charge in [-0.2, -0.15) is 0 Å². The summed E-state index contributed by atoms with van der Waals surface area (Å²) in [6, 6.07) is 5.66. The van der Waals surface area contributed by atoms with Crippen LogP contribution in [0.3, 0.4) is 0 Å². The molecule has 0 bridgehead atoms. The molecule has 1 saturated heterocycles. The van der Waals surface area contributed by atoms with Crippen molar-refractivity contribution in [2.45, 2.75) is 30.5 Å². The zero-order chi connectivity index (χ0) is 23.3. The predicted molar refractivity (Wildman–Crippen MR) is 107 cm³/mol. The zero-order valence-corrected chi connectivity index (χ0v) is 16.3. The number of aliphatic hydroxyl groups excluding tert-OH is 4. The normalized spacial score (nSPS) is 25.8. The number of ether oxygens (including phenoxy) is 1. The quantitative estimate of drug-likeness (QED) is 0.195. The maximum Gasteiger partial charge on any atom is 0.202 e. The Hall–Kier alpha value is -3.35. The van der Waals surface area contributed by atoms with Crippen LogP contribution in [0.15, 0.2) is 39.5 Å². The van der Waals surface area contributed by atoms with Crippen molar-refractivity contribution in [3.8, 4) is 34.3 Å². The van der Waals surface area contributed by atoms with Crippen molar-refractivity contribution in [3.63, 3.8) is 0 Å². The number of hydrogen-bond acceptors (Lipinski definition) is 11. The third kappa shape index (κ3) is 3.42. The van der Waals surface area contributed by atoms with Gasteiger partial charge in [0.2, 0.25) is 5.75 Å². The monoisotopic (exact) mass is 448 g/mol. The molecule has 11 heteroatoms. The van der Waals surface area contributed by atoms with Crippen molar-refractivity contribution < 1.29 is 50.0 Å². The first kappa shape index (κ1) is 21.9. The Labute approximate surface area is 179 Å². The topological polar surface area (TPSA) is 201 Å². The molecule has 0 radical (unpaired) electrons. The summed E-state index contributed by atoms with van der Waals surface area (Å²) < 4.78 is 11.0. The first-order valence-electron chi connectivity index (χ1n) is 9.49. The fourth-order valence-electron chi connectivity index (χ4n) is 3.73. The smallest absolute Gasteiger partial charge is 0.202 e. The molecule has 32 heavy (non-hydrogen) atoms. The van der Waals surface area contributed by atoms with E-state index in [1.807, 2.05) is 0 Å². The molecular formula is C21H20O11. The molecule has 11 nitrogen and oxygen atoms in total. The van der Waals surface area contributed by atoms with Crippen LogP contribution in [0.4, 0.5) is 0 Å². The molecule has 170 valence electrons. The first-order valence-corrected chi connectivity index (χ1v) is 9.49. The average Bonchev–Trinajstić information content (AvgIpc) is 2.76. The minimum absolute atomic E-state index is 0.0369. The van der Waals surface area contributed by atoms with Gasteiger partial charge in [0.1, 0.15) is 53.2 Å². The molecule has 5 atom stereocenters. The molecule has 0 spiro atoms. The number of aliphatic hydroxyl groups is 4. The number of aromatic hydroxyl groups is 4. The minimum Gasteiger partial charge on any atom is -0.508 e. The van der Waals surface area contributed by atoms with E-state index in [2.05, 4.69) is 0 Å². The van der Waals surface area contributed by atoms with Crippen LogP contribution in [-0.4, -0.2) is 71.9 Å². The molecule has 0 amide bonds. The Morgan fingerprint density at radius 2 is 1.56 bits per heavy atom. The van der Waals surface area contributed by atoms with E-state index in [4.69, 9.17) is 9.15 Å². The lowest BCUT2D eigenvalue weighted by atomic mass is 9.90. The Balaban J connectivity index is 1.84. The summed E-state index contributed by atoms with van der Waals surface area (Å²) in [4.78, 5) is 12.5. The molecule has 4 rings (SSSR count). The second kappa shape index (κ2) is 7.97. The largest absolute Gasteiger partial charge is 0.508 e. The molecule has 1 aliphatic heterocycles. The third-order valence-electron chi connectivity index (χ3n) is 5.45. The summed E-state index contributed by atoms with van der Waals surface area (Å²) in [7, 11) is 0. The fraction of sp³-hybridized carbons (Fsp3) is 0.286. The highest BCUT2D eigenvalue weighted by Crippen LogP contribution is 2.41. The SMILES string of the molecule is O=c1cc(-c2ccc(O)c([C@H]3O[C@@H](CO)[C@H](O)[C@@H](O)[C@@H]3O)c2)oc2c(O)c(O)cc(O)c12. The van der Waals surface area contributed by atoms with E-state index >= 15 is 0 Å².